The maximum Gasteiger partial charge on any atom is 0.0226 e. The second-order valence-corrected chi connectivity index (χ2v) is 1.71. The summed E-state index contributed by atoms with van der Waals surface area (Å²) in [6.45, 7) is 0. The molecule has 0 N–H and O–H groups in total. The van der Waals surface area contributed by atoms with Gasteiger partial charge in [0.05, 0.1) is 0 Å². The average molecular weight is 123 g/mol. The highest BCUT2D eigenvalue weighted by atomic mass is 35.5. The zero-order valence-electron chi connectivity index (χ0n) is 3.48. The molecule has 0 saturated heterocycles. The van der Waals surface area contributed by atoms with Crippen LogP contribution in [0.3, 0.4) is 0 Å². The lowest BCUT2D eigenvalue weighted by Gasteiger charge is -1.79. The first kappa shape index (κ1) is 6.38. The Bertz CT molecular complexity index is 36.5. The van der Waals surface area contributed by atoms with Crippen molar-refractivity contribution in [2.75, 3.05) is 5.88 Å². The normalized spacial score (nSPS) is 8.17. The lowest BCUT2D eigenvalue weighted by molar-refractivity contribution is 1.03. The first-order chi connectivity index (χ1) is 2.91. The molecule has 2 heteroatoms. The van der Waals surface area contributed by atoms with Crippen LogP contribution < -0.4 is 0 Å². The van der Waals surface area contributed by atoms with Gasteiger partial charge < -0.3 is 0 Å². The van der Waals surface area contributed by atoms with Crippen LogP contribution in [0.2, 0.25) is 0 Å². The van der Waals surface area contributed by atoms with Crippen LogP contribution in [0.1, 0.15) is 12.8 Å². The van der Waals surface area contributed by atoms with Crippen molar-refractivity contribution in [3.8, 4) is 0 Å². The van der Waals surface area contributed by atoms with E-state index >= 15 is 0 Å². The second-order valence-electron chi connectivity index (χ2n) is 0.998. The van der Waals surface area contributed by atoms with E-state index in [-0.39, 0.29) is 0 Å². The van der Waals surface area contributed by atoms with Crippen molar-refractivity contribution in [2.45, 2.75) is 12.8 Å². The van der Waals surface area contributed by atoms with Crippen molar-refractivity contribution < 1.29 is 0 Å². The van der Waals surface area contributed by atoms with E-state index in [1.54, 1.807) is 5.37 Å². The van der Waals surface area contributed by atoms with E-state index in [0.717, 1.165) is 18.7 Å². The maximum absolute atomic E-state index is 5.31. The molecule has 0 aromatic carbocycles. The van der Waals surface area contributed by atoms with Crippen LogP contribution in [0.5, 0.6) is 0 Å². The zero-order valence-corrected chi connectivity index (χ0v) is 5.06. The largest absolute Gasteiger partial charge is 0.127 e. The summed E-state index contributed by atoms with van der Waals surface area (Å²) in [7, 11) is 0. The summed E-state index contributed by atoms with van der Waals surface area (Å²) in [5.74, 6) is 0.729. The highest BCUT2D eigenvalue weighted by Gasteiger charge is 1.74. The Morgan fingerprint density at radius 2 is 2.33 bits per heavy atom. The van der Waals surface area contributed by atoms with Crippen LogP contribution in [-0.2, 0) is 0 Å². The number of hydrogen-bond donors (Lipinski definition) is 0. The molecular weight excluding hydrogens is 116 g/mol. The number of alkyl halides is 1. The summed E-state index contributed by atoms with van der Waals surface area (Å²) >= 11 is 9.85. The number of halogens is 1. The monoisotopic (exact) mass is 122 g/mol. The molecule has 0 aliphatic rings. The number of rotatable bonds is 3. The molecule has 0 rings (SSSR count). The fourth-order valence-electron chi connectivity index (χ4n) is 0.160. The van der Waals surface area contributed by atoms with Gasteiger partial charge in [-0.1, -0.05) is 12.2 Å². The van der Waals surface area contributed by atoms with E-state index < -0.39 is 0 Å². The summed E-state index contributed by atoms with van der Waals surface area (Å²) < 4.78 is 0. The Hall–Kier alpha value is 0.380. The number of unbranched alkanes of at least 4 members (excludes halogenated alkanes) is 1. The highest BCUT2D eigenvalue weighted by molar-refractivity contribution is 7.78. The first-order valence-corrected chi connectivity index (χ1v) is 2.92. The molecule has 0 amide bonds. The molecule has 0 unspecified atom stereocenters. The van der Waals surface area contributed by atoms with Gasteiger partial charge in [-0.3, -0.25) is 0 Å². The van der Waals surface area contributed by atoms with Crippen molar-refractivity contribution in [3.63, 3.8) is 0 Å². The summed E-state index contributed by atoms with van der Waals surface area (Å²) in [5.41, 5.74) is 0. The summed E-state index contributed by atoms with van der Waals surface area (Å²) in [4.78, 5) is 0. The second kappa shape index (κ2) is 5.38. The molecule has 6 heavy (non-hydrogen) atoms. The summed E-state index contributed by atoms with van der Waals surface area (Å²) in [6, 6.07) is 0. The molecule has 0 heterocycles. The minimum absolute atomic E-state index is 0.729. The lowest BCUT2D eigenvalue weighted by Crippen LogP contribution is -1.72. The van der Waals surface area contributed by atoms with Crippen LogP contribution in [-0.4, -0.2) is 11.2 Å². The number of thiocarbonyl (C=S) groups is 1. The van der Waals surface area contributed by atoms with Gasteiger partial charge in [-0.2, -0.15) is 0 Å². The Morgan fingerprint density at radius 3 is 2.50 bits per heavy atom. The topological polar surface area (TPSA) is 0 Å². The third-order valence-electron chi connectivity index (χ3n) is 0.456. The summed E-state index contributed by atoms with van der Waals surface area (Å²) in [6.07, 6.45) is 1.99. The van der Waals surface area contributed by atoms with Crippen LogP contribution in [0.25, 0.3) is 0 Å². The molecule has 36 valence electrons. The van der Waals surface area contributed by atoms with Gasteiger partial charge in [-0.05, 0) is 18.2 Å². The van der Waals surface area contributed by atoms with Crippen LogP contribution in [0, 0.1) is 0 Å². The van der Waals surface area contributed by atoms with Crippen LogP contribution in [0.4, 0.5) is 0 Å². The van der Waals surface area contributed by atoms with E-state index in [0.29, 0.717) is 0 Å². The van der Waals surface area contributed by atoms with Crippen molar-refractivity contribution >= 4 is 29.2 Å². The third kappa shape index (κ3) is 4.38. The van der Waals surface area contributed by atoms with Crippen molar-refractivity contribution in [2.24, 2.45) is 0 Å². The third-order valence-corrected chi connectivity index (χ3v) is 0.959. The van der Waals surface area contributed by atoms with Gasteiger partial charge >= 0.3 is 0 Å². The maximum atomic E-state index is 5.31. The fourth-order valence-corrected chi connectivity index (χ4v) is 0.481. The Labute approximate surface area is 48.5 Å². The molecule has 0 fully saturated rings. The lowest BCUT2D eigenvalue weighted by atomic mass is 10.4. The Balaban J connectivity index is 2.49. The van der Waals surface area contributed by atoms with Gasteiger partial charge in [0.15, 0.2) is 0 Å². The predicted octanol–water partition coefficient (Wildman–Crippen LogP) is 2.01. The molecule has 0 nitrogen and oxygen atoms in total. The molecule has 0 bridgehead atoms. The summed E-state index contributed by atoms with van der Waals surface area (Å²) in [5, 5.41) is 1.71. The van der Waals surface area contributed by atoms with Gasteiger partial charge in [-0.25, -0.2) is 0 Å². The van der Waals surface area contributed by atoms with E-state index in [9.17, 15) is 0 Å². The first-order valence-electron chi connectivity index (χ1n) is 1.91. The molecular formula is C4H7ClS. The van der Waals surface area contributed by atoms with Crippen molar-refractivity contribution in [1.82, 2.24) is 0 Å². The number of hydrogen-bond acceptors (Lipinski definition) is 1. The van der Waals surface area contributed by atoms with E-state index in [1.807, 2.05) is 0 Å². The smallest absolute Gasteiger partial charge is 0.0226 e. The van der Waals surface area contributed by atoms with Gasteiger partial charge in [0.2, 0.25) is 0 Å². The molecule has 0 aromatic heterocycles. The quantitative estimate of drug-likeness (QED) is 0.314. The standard InChI is InChI=1S/C4H7ClS/c5-3-1-2-4-6/h4H,1-3H2. The molecule has 0 spiro atoms. The van der Waals surface area contributed by atoms with Crippen LogP contribution in [0.15, 0.2) is 0 Å². The highest BCUT2D eigenvalue weighted by Crippen LogP contribution is 1.86. The Kier molecular flexibility index (Phi) is 5.72. The molecule has 0 aliphatic carbocycles. The van der Waals surface area contributed by atoms with E-state index in [1.165, 1.54) is 0 Å². The molecule has 0 aliphatic heterocycles. The minimum Gasteiger partial charge on any atom is -0.127 e. The van der Waals surface area contributed by atoms with Crippen molar-refractivity contribution in [1.29, 1.82) is 0 Å². The van der Waals surface area contributed by atoms with Gasteiger partial charge in [0, 0.05) is 5.88 Å². The predicted molar refractivity (Wildman–Crippen MR) is 33.6 cm³/mol. The van der Waals surface area contributed by atoms with E-state index in [4.69, 9.17) is 11.6 Å². The molecule has 0 radical (unpaired) electrons. The minimum atomic E-state index is 0.729. The van der Waals surface area contributed by atoms with Crippen molar-refractivity contribution in [3.05, 3.63) is 0 Å². The fraction of sp³-hybridized carbons (Fsp3) is 0.750. The van der Waals surface area contributed by atoms with Crippen LogP contribution >= 0.6 is 23.8 Å². The van der Waals surface area contributed by atoms with Gasteiger partial charge in [0.25, 0.3) is 0 Å². The molecule has 0 saturated carbocycles. The average Bonchev–Trinajstić information content (AvgIpc) is 1.61. The van der Waals surface area contributed by atoms with E-state index in [2.05, 4.69) is 12.2 Å². The SMILES string of the molecule is S=CCCCCl. The zero-order chi connectivity index (χ0) is 4.83. The Morgan fingerprint density at radius 1 is 1.67 bits per heavy atom. The molecule has 0 atom stereocenters. The van der Waals surface area contributed by atoms with Gasteiger partial charge in [-0.15, -0.1) is 11.6 Å². The van der Waals surface area contributed by atoms with Gasteiger partial charge in [0.1, 0.15) is 0 Å². The molecule has 0 aromatic rings.